The third-order valence-electron chi connectivity index (χ3n) is 3.45. The Hall–Kier alpha value is -1.04. The summed E-state index contributed by atoms with van der Waals surface area (Å²) in [5.41, 5.74) is 1.18. The van der Waals surface area contributed by atoms with Gasteiger partial charge < -0.3 is 16.0 Å². The molecular weight excluding hydrogens is 377 g/mol. The molecule has 0 saturated heterocycles. The van der Waals surface area contributed by atoms with Gasteiger partial charge in [-0.25, -0.2) is 4.98 Å². The molecule has 0 fully saturated rings. The second-order valence-corrected chi connectivity index (χ2v) is 5.78. The van der Waals surface area contributed by atoms with E-state index in [4.69, 9.17) is 4.74 Å². The Morgan fingerprint density at radius 1 is 1.12 bits per heavy atom. The number of aryl methyl sites for hydroxylation is 1. The van der Waals surface area contributed by atoms with Crippen LogP contribution in [0.15, 0.2) is 30.3 Å². The van der Waals surface area contributed by atoms with Crippen LogP contribution in [-0.2, 0) is 44.1 Å². The van der Waals surface area contributed by atoms with Crippen molar-refractivity contribution in [2.24, 2.45) is 0 Å². The number of rotatable bonds is 8. The van der Waals surface area contributed by atoms with E-state index < -0.39 is 0 Å². The van der Waals surface area contributed by atoms with E-state index in [9.17, 15) is 0 Å². The molecule has 1 heterocycles. The molecule has 0 aliphatic heterocycles. The first kappa shape index (κ1) is 21.0. The van der Waals surface area contributed by atoms with Gasteiger partial charge in [0.2, 0.25) is 5.95 Å². The van der Waals surface area contributed by atoms with E-state index in [0.29, 0.717) is 19.2 Å². The minimum Gasteiger partial charge on any atom is -0.375 e. The van der Waals surface area contributed by atoms with Crippen LogP contribution in [0.1, 0.15) is 44.4 Å². The Morgan fingerprint density at radius 2 is 1.83 bits per heavy atom. The molecule has 0 saturated carbocycles. The fraction of sp³-hybridized carbons (Fsp3) is 0.444. The van der Waals surface area contributed by atoms with Gasteiger partial charge in [0.25, 0.3) is 0 Å². The molecule has 1 atom stereocenters. The van der Waals surface area contributed by atoms with Gasteiger partial charge in [0, 0.05) is 5.82 Å². The van der Waals surface area contributed by atoms with Crippen LogP contribution in [0.3, 0.4) is 0 Å². The molecule has 0 radical (unpaired) electrons. The Bertz CT molecular complexity index is 607. The summed E-state index contributed by atoms with van der Waals surface area (Å²) in [5, 5.41) is 3.35. The molecule has 1 N–H and O–H groups in total. The van der Waals surface area contributed by atoms with Crippen LogP contribution >= 0.6 is 0 Å². The Balaban J connectivity index is 0.00000288. The molecule has 5 nitrogen and oxygen atoms in total. The normalized spacial score (nSPS) is 11.5. The SMILES string of the molecule is CCC(COCc1ccccc1)Nc1nc(C)nc([C-](C)C)n1.[Y+3]. The molecule has 1 aromatic heterocycles. The number of nitrogens with one attached hydrogen (secondary N) is 1. The largest absolute Gasteiger partial charge is 3.00 e. The van der Waals surface area contributed by atoms with E-state index in [1.807, 2.05) is 39.0 Å². The predicted molar refractivity (Wildman–Crippen MR) is 92.1 cm³/mol. The average molecular weight is 402 g/mol. The van der Waals surface area contributed by atoms with Crippen molar-refractivity contribution in [2.45, 2.75) is 46.8 Å². The van der Waals surface area contributed by atoms with Crippen molar-refractivity contribution in [1.29, 1.82) is 0 Å². The first-order chi connectivity index (χ1) is 11.1. The van der Waals surface area contributed by atoms with E-state index in [1.165, 1.54) is 5.56 Å². The van der Waals surface area contributed by atoms with Crippen LogP contribution in [0.25, 0.3) is 0 Å². The smallest absolute Gasteiger partial charge is 0.375 e. The summed E-state index contributed by atoms with van der Waals surface area (Å²) in [4.78, 5) is 13.2. The Morgan fingerprint density at radius 3 is 2.46 bits per heavy atom. The summed E-state index contributed by atoms with van der Waals surface area (Å²) in [7, 11) is 0. The molecule has 24 heavy (non-hydrogen) atoms. The third-order valence-corrected chi connectivity index (χ3v) is 3.45. The molecule has 0 aliphatic rings. The summed E-state index contributed by atoms with van der Waals surface area (Å²) in [5.74, 6) is 3.15. The van der Waals surface area contributed by atoms with Crippen molar-refractivity contribution in [3.63, 3.8) is 0 Å². The van der Waals surface area contributed by atoms with Crippen LogP contribution < -0.4 is 5.32 Å². The molecule has 2 aromatic rings. The first-order valence-corrected chi connectivity index (χ1v) is 8.00. The molecule has 1 unspecified atom stereocenters. The number of ether oxygens (including phenoxy) is 1. The van der Waals surface area contributed by atoms with Crippen molar-refractivity contribution < 1.29 is 37.4 Å². The minimum absolute atomic E-state index is 0. The molecule has 124 valence electrons. The van der Waals surface area contributed by atoms with Crippen molar-refractivity contribution in [2.75, 3.05) is 11.9 Å². The fourth-order valence-electron chi connectivity index (χ4n) is 2.11. The number of hydrogen-bond donors (Lipinski definition) is 1. The quantitative estimate of drug-likeness (QED) is 0.685. The monoisotopic (exact) mass is 402 g/mol. The van der Waals surface area contributed by atoms with E-state index in [2.05, 4.69) is 39.3 Å². The maximum atomic E-state index is 5.81. The van der Waals surface area contributed by atoms with Crippen molar-refractivity contribution in [3.8, 4) is 0 Å². The third kappa shape index (κ3) is 6.83. The zero-order valence-corrected chi connectivity index (χ0v) is 17.8. The summed E-state index contributed by atoms with van der Waals surface area (Å²) < 4.78 is 5.81. The molecule has 0 bridgehead atoms. The van der Waals surface area contributed by atoms with Crippen molar-refractivity contribution in [1.82, 2.24) is 15.0 Å². The standard InChI is InChI=1S/C18H25N4O.Y/c1-5-16(12-23-11-15-9-7-6-8-10-15)21-18-20-14(4)19-17(22-18)13(2)3;/h6-10,16H,5,11-12H2,1-4H3,(H,19,20,21,22);/q-1;+3. The zero-order valence-electron chi connectivity index (χ0n) is 14.9. The van der Waals surface area contributed by atoms with Gasteiger partial charge in [-0.1, -0.05) is 37.3 Å². The van der Waals surface area contributed by atoms with Gasteiger partial charge >= 0.3 is 32.7 Å². The van der Waals surface area contributed by atoms with Gasteiger partial charge in [0.05, 0.1) is 19.3 Å². The van der Waals surface area contributed by atoms with Crippen LogP contribution in [0.2, 0.25) is 0 Å². The molecule has 0 amide bonds. The maximum Gasteiger partial charge on any atom is 3.00 e. The number of nitrogens with zero attached hydrogens (tertiary/aromatic N) is 3. The van der Waals surface area contributed by atoms with Gasteiger partial charge in [-0.05, 0) is 18.9 Å². The van der Waals surface area contributed by atoms with E-state index >= 15 is 0 Å². The number of benzene rings is 1. The van der Waals surface area contributed by atoms with E-state index in [-0.39, 0.29) is 38.8 Å². The summed E-state index contributed by atoms with van der Waals surface area (Å²) in [6, 6.07) is 10.4. The van der Waals surface area contributed by atoms with Crippen LogP contribution in [0, 0.1) is 12.8 Å². The van der Waals surface area contributed by atoms with Gasteiger partial charge in [-0.15, -0.1) is 0 Å². The number of anilines is 1. The average Bonchev–Trinajstić information content (AvgIpc) is 2.54. The minimum atomic E-state index is 0. The van der Waals surface area contributed by atoms with E-state index in [0.717, 1.165) is 24.0 Å². The molecule has 1 aromatic carbocycles. The molecular formula is C18H25N4OY+2. The van der Waals surface area contributed by atoms with Gasteiger partial charge in [0.1, 0.15) is 5.82 Å². The molecule has 0 aliphatic carbocycles. The molecule has 6 heteroatoms. The van der Waals surface area contributed by atoms with Crippen molar-refractivity contribution >= 4 is 5.95 Å². The van der Waals surface area contributed by atoms with Crippen LogP contribution in [-0.4, -0.2) is 27.6 Å². The predicted octanol–water partition coefficient (Wildman–Crippen LogP) is 3.55. The Labute approximate surface area is 169 Å². The second-order valence-electron chi connectivity index (χ2n) is 5.78. The van der Waals surface area contributed by atoms with Crippen molar-refractivity contribution in [3.05, 3.63) is 53.5 Å². The van der Waals surface area contributed by atoms with Gasteiger partial charge in [-0.2, -0.15) is 18.8 Å². The first-order valence-electron chi connectivity index (χ1n) is 8.00. The Kier molecular flexibility index (Phi) is 9.41. The molecule has 2 rings (SSSR count). The fourth-order valence-corrected chi connectivity index (χ4v) is 2.11. The maximum absolute atomic E-state index is 5.81. The topological polar surface area (TPSA) is 59.9 Å². The van der Waals surface area contributed by atoms with Crippen LogP contribution in [0.4, 0.5) is 5.95 Å². The molecule has 0 spiro atoms. The zero-order chi connectivity index (χ0) is 16.7. The van der Waals surface area contributed by atoms with Gasteiger partial charge in [0.15, 0.2) is 0 Å². The van der Waals surface area contributed by atoms with Crippen LogP contribution in [0.5, 0.6) is 0 Å². The summed E-state index contributed by atoms with van der Waals surface area (Å²) in [6.45, 7) is 9.22. The van der Waals surface area contributed by atoms with E-state index in [1.54, 1.807) is 0 Å². The second kappa shape index (κ2) is 10.8. The van der Waals surface area contributed by atoms with Gasteiger partial charge in [-0.3, -0.25) is 4.98 Å². The summed E-state index contributed by atoms with van der Waals surface area (Å²) in [6.07, 6.45) is 0.934. The number of aromatic nitrogens is 3. The summed E-state index contributed by atoms with van der Waals surface area (Å²) >= 11 is 0. The number of hydrogen-bond acceptors (Lipinski definition) is 5.